The Morgan fingerprint density at radius 1 is 1.56 bits per heavy atom. The number of aliphatic hydroxyl groups is 1. The van der Waals surface area contributed by atoms with Crippen LogP contribution in [0.5, 0.6) is 0 Å². The molecule has 2 atom stereocenters. The molecule has 0 radical (unpaired) electrons. The first kappa shape index (κ1) is 13.6. The van der Waals surface area contributed by atoms with Crippen LogP contribution in [0, 0.1) is 5.92 Å². The van der Waals surface area contributed by atoms with Crippen molar-refractivity contribution in [1.82, 2.24) is 0 Å². The number of hydrogen-bond donors (Lipinski definition) is 1. The first-order chi connectivity index (χ1) is 8.54. The van der Waals surface area contributed by atoms with Crippen LogP contribution in [0.3, 0.4) is 0 Å². The van der Waals surface area contributed by atoms with Gasteiger partial charge in [-0.15, -0.1) is 0 Å². The van der Waals surface area contributed by atoms with Gasteiger partial charge in [-0.25, -0.2) is 0 Å². The molecule has 1 fully saturated rings. The quantitative estimate of drug-likeness (QED) is 0.873. The van der Waals surface area contributed by atoms with Gasteiger partial charge in [-0.05, 0) is 53.4 Å². The summed E-state index contributed by atoms with van der Waals surface area (Å²) in [5, 5.41) is 9.49. The van der Waals surface area contributed by atoms with Gasteiger partial charge in [0.15, 0.2) is 5.78 Å². The van der Waals surface area contributed by atoms with Crippen molar-refractivity contribution in [2.75, 3.05) is 18.1 Å². The number of carbonyl (C=O) groups is 1. The minimum Gasteiger partial charge on any atom is -0.394 e. The summed E-state index contributed by atoms with van der Waals surface area (Å²) in [6, 6.07) is 5.83. The summed E-state index contributed by atoms with van der Waals surface area (Å²) in [5.41, 5.74) is 1.77. The molecule has 3 nitrogen and oxygen atoms in total. The molecule has 1 aromatic rings. The molecular formula is C14H18BrNO2. The highest BCUT2D eigenvalue weighted by atomic mass is 79.9. The highest BCUT2D eigenvalue weighted by molar-refractivity contribution is 9.10. The van der Waals surface area contributed by atoms with E-state index in [-0.39, 0.29) is 18.4 Å². The zero-order valence-electron chi connectivity index (χ0n) is 10.7. The maximum Gasteiger partial charge on any atom is 0.159 e. The molecule has 0 amide bonds. The molecule has 1 aliphatic heterocycles. The number of nitrogens with zero attached hydrogens (tertiary/aromatic N) is 1. The van der Waals surface area contributed by atoms with Crippen molar-refractivity contribution in [3.05, 3.63) is 28.2 Å². The number of anilines is 1. The lowest BCUT2D eigenvalue weighted by Crippen LogP contribution is -2.35. The minimum absolute atomic E-state index is 0.0655. The van der Waals surface area contributed by atoms with Crippen LogP contribution in [0.1, 0.15) is 30.6 Å². The average molecular weight is 312 g/mol. The van der Waals surface area contributed by atoms with Gasteiger partial charge in [-0.2, -0.15) is 0 Å². The molecule has 98 valence electrons. The highest BCUT2D eigenvalue weighted by Gasteiger charge is 2.31. The fraction of sp³-hybridized carbons (Fsp3) is 0.500. The maximum atomic E-state index is 11.3. The van der Waals surface area contributed by atoms with E-state index in [1.807, 2.05) is 18.2 Å². The SMILES string of the molecule is CC(=O)c1ccc(N2CCC(C)C2CO)c(Br)c1. The van der Waals surface area contributed by atoms with Gasteiger partial charge in [0.2, 0.25) is 0 Å². The van der Waals surface area contributed by atoms with E-state index in [4.69, 9.17) is 0 Å². The van der Waals surface area contributed by atoms with Crippen LogP contribution in [0.2, 0.25) is 0 Å². The summed E-state index contributed by atoms with van der Waals surface area (Å²) in [6.07, 6.45) is 1.09. The molecule has 2 rings (SSSR count). The van der Waals surface area contributed by atoms with Gasteiger partial charge in [0.05, 0.1) is 18.3 Å². The lowest BCUT2D eigenvalue weighted by Gasteiger charge is -2.28. The van der Waals surface area contributed by atoms with Crippen LogP contribution in [-0.4, -0.2) is 30.1 Å². The normalized spacial score (nSPS) is 23.4. The van der Waals surface area contributed by atoms with E-state index in [1.165, 1.54) is 0 Å². The molecule has 0 aliphatic carbocycles. The van der Waals surface area contributed by atoms with E-state index in [1.54, 1.807) is 6.92 Å². The molecule has 1 heterocycles. The van der Waals surface area contributed by atoms with Crippen molar-refractivity contribution >= 4 is 27.4 Å². The van der Waals surface area contributed by atoms with Crippen LogP contribution in [0.25, 0.3) is 0 Å². The lowest BCUT2D eigenvalue weighted by atomic mass is 10.0. The molecule has 0 bridgehead atoms. The third-order valence-electron chi connectivity index (χ3n) is 3.73. The lowest BCUT2D eigenvalue weighted by molar-refractivity contribution is 0.101. The van der Waals surface area contributed by atoms with Gasteiger partial charge >= 0.3 is 0 Å². The maximum absolute atomic E-state index is 11.3. The van der Waals surface area contributed by atoms with E-state index in [2.05, 4.69) is 27.8 Å². The van der Waals surface area contributed by atoms with Crippen molar-refractivity contribution in [3.8, 4) is 0 Å². The first-order valence-electron chi connectivity index (χ1n) is 6.22. The average Bonchev–Trinajstić information content (AvgIpc) is 2.70. The van der Waals surface area contributed by atoms with Crippen molar-refractivity contribution in [1.29, 1.82) is 0 Å². The second-order valence-electron chi connectivity index (χ2n) is 4.93. The molecular weight excluding hydrogens is 294 g/mol. The Morgan fingerprint density at radius 3 is 2.83 bits per heavy atom. The smallest absolute Gasteiger partial charge is 0.159 e. The zero-order valence-corrected chi connectivity index (χ0v) is 12.3. The number of rotatable bonds is 3. The van der Waals surface area contributed by atoms with Gasteiger partial charge in [-0.3, -0.25) is 4.79 Å². The summed E-state index contributed by atoms with van der Waals surface area (Å²) >= 11 is 3.53. The Hall–Kier alpha value is -0.870. The van der Waals surface area contributed by atoms with E-state index < -0.39 is 0 Å². The summed E-state index contributed by atoms with van der Waals surface area (Å²) in [5.74, 6) is 0.560. The number of aliphatic hydroxyl groups excluding tert-OH is 1. The Labute approximate surface area is 116 Å². The molecule has 1 saturated heterocycles. The summed E-state index contributed by atoms with van der Waals surface area (Å²) in [6.45, 7) is 4.85. The summed E-state index contributed by atoms with van der Waals surface area (Å²) < 4.78 is 0.919. The Bertz CT molecular complexity index is 461. The number of ketones is 1. The predicted molar refractivity (Wildman–Crippen MR) is 76.1 cm³/mol. The fourth-order valence-electron chi connectivity index (χ4n) is 2.54. The Morgan fingerprint density at radius 2 is 2.28 bits per heavy atom. The largest absolute Gasteiger partial charge is 0.394 e. The van der Waals surface area contributed by atoms with Crippen LogP contribution in [0.15, 0.2) is 22.7 Å². The second kappa shape index (κ2) is 5.41. The predicted octanol–water partition coefficient (Wildman–Crippen LogP) is 2.86. The molecule has 0 aromatic heterocycles. The number of benzene rings is 1. The van der Waals surface area contributed by atoms with E-state index >= 15 is 0 Å². The fourth-order valence-corrected chi connectivity index (χ4v) is 3.15. The minimum atomic E-state index is 0.0655. The zero-order chi connectivity index (χ0) is 13.3. The van der Waals surface area contributed by atoms with Gasteiger partial charge < -0.3 is 10.0 Å². The standard InChI is InChI=1S/C14H18BrNO2/c1-9-5-6-16(14(9)8-17)13-4-3-11(10(2)18)7-12(13)15/h3-4,7,9,14,17H,5-6,8H2,1-2H3. The number of hydrogen-bond acceptors (Lipinski definition) is 3. The van der Waals surface area contributed by atoms with E-state index in [0.29, 0.717) is 11.5 Å². The number of carbonyl (C=O) groups excluding carboxylic acids is 1. The molecule has 18 heavy (non-hydrogen) atoms. The van der Waals surface area contributed by atoms with Gasteiger partial charge in [0.25, 0.3) is 0 Å². The molecule has 1 N–H and O–H groups in total. The first-order valence-corrected chi connectivity index (χ1v) is 7.02. The van der Waals surface area contributed by atoms with Crippen molar-refractivity contribution in [2.24, 2.45) is 5.92 Å². The summed E-state index contributed by atoms with van der Waals surface area (Å²) in [7, 11) is 0. The van der Waals surface area contributed by atoms with E-state index in [9.17, 15) is 9.90 Å². The third-order valence-corrected chi connectivity index (χ3v) is 4.37. The van der Waals surface area contributed by atoms with Gasteiger partial charge in [0, 0.05) is 16.6 Å². The van der Waals surface area contributed by atoms with Crippen LogP contribution in [-0.2, 0) is 0 Å². The third kappa shape index (κ3) is 2.45. The number of Topliss-reactive ketones (excluding diaryl/α,β-unsaturated/α-hetero) is 1. The monoisotopic (exact) mass is 311 g/mol. The van der Waals surface area contributed by atoms with E-state index in [0.717, 1.165) is 23.1 Å². The van der Waals surface area contributed by atoms with Crippen molar-refractivity contribution in [2.45, 2.75) is 26.3 Å². The van der Waals surface area contributed by atoms with Crippen LogP contribution >= 0.6 is 15.9 Å². The van der Waals surface area contributed by atoms with Gasteiger partial charge in [0.1, 0.15) is 0 Å². The molecule has 4 heteroatoms. The Balaban J connectivity index is 2.31. The second-order valence-corrected chi connectivity index (χ2v) is 5.79. The van der Waals surface area contributed by atoms with Gasteiger partial charge in [-0.1, -0.05) is 6.92 Å². The molecule has 2 unspecified atom stereocenters. The molecule has 0 spiro atoms. The molecule has 1 aliphatic rings. The number of halogens is 1. The Kier molecular flexibility index (Phi) is 4.07. The topological polar surface area (TPSA) is 40.5 Å². The van der Waals surface area contributed by atoms with Crippen LogP contribution in [0.4, 0.5) is 5.69 Å². The molecule has 0 saturated carbocycles. The molecule has 1 aromatic carbocycles. The highest BCUT2D eigenvalue weighted by Crippen LogP contribution is 2.35. The van der Waals surface area contributed by atoms with Crippen molar-refractivity contribution < 1.29 is 9.90 Å². The van der Waals surface area contributed by atoms with Crippen molar-refractivity contribution in [3.63, 3.8) is 0 Å². The van der Waals surface area contributed by atoms with Crippen LogP contribution < -0.4 is 4.90 Å². The summed E-state index contributed by atoms with van der Waals surface area (Å²) in [4.78, 5) is 13.5.